The van der Waals surface area contributed by atoms with E-state index in [1.54, 1.807) is 0 Å². The Morgan fingerprint density at radius 2 is 0.443 bits per heavy atom. The van der Waals surface area contributed by atoms with Gasteiger partial charge in [-0.2, -0.15) is 0 Å². The summed E-state index contributed by atoms with van der Waals surface area (Å²) in [6, 6.07) is 101. The van der Waals surface area contributed by atoms with Gasteiger partial charge < -0.3 is 0 Å². The molecule has 13 rings (SSSR count). The molecule has 0 nitrogen and oxygen atoms in total. The summed E-state index contributed by atoms with van der Waals surface area (Å²) in [5.41, 5.74) is 13.9. The predicted molar refractivity (Wildman–Crippen MR) is 390 cm³/mol. The van der Waals surface area contributed by atoms with E-state index in [1.165, 1.54) is 140 Å². The van der Waals surface area contributed by atoms with Crippen LogP contribution in [-0.4, -0.2) is 16.1 Å². The Kier molecular flexibility index (Phi) is 15.7. The molecule has 0 saturated carbocycles. The van der Waals surface area contributed by atoms with Crippen LogP contribution < -0.4 is 41.5 Å². The Labute approximate surface area is 526 Å². The van der Waals surface area contributed by atoms with Crippen molar-refractivity contribution in [1.82, 2.24) is 0 Å². The first kappa shape index (κ1) is 58.6. The van der Waals surface area contributed by atoms with E-state index in [-0.39, 0.29) is 0 Å². The fourth-order valence-electron chi connectivity index (χ4n) is 15.4. The van der Waals surface area contributed by atoms with Crippen LogP contribution in [0, 0.1) is 0 Å². The number of rotatable bonds is 16. The van der Waals surface area contributed by atoms with Gasteiger partial charge in [-0.3, -0.25) is 0 Å². The average molecular weight is 1170 g/mol. The van der Waals surface area contributed by atoms with Crippen molar-refractivity contribution in [2.24, 2.45) is 0 Å². The lowest BCUT2D eigenvalue weighted by molar-refractivity contribution is 0.807. The van der Waals surface area contributed by atoms with E-state index < -0.39 is 16.1 Å². The molecule has 2 heteroatoms. The van der Waals surface area contributed by atoms with Gasteiger partial charge in [0.25, 0.3) is 0 Å². The zero-order valence-corrected chi connectivity index (χ0v) is 55.7. The molecule has 13 aromatic carbocycles. The lowest BCUT2D eigenvalue weighted by Crippen LogP contribution is -2.75. The molecule has 0 saturated heterocycles. The monoisotopic (exact) mass is 1170 g/mol. The van der Waals surface area contributed by atoms with Gasteiger partial charge in [-0.1, -0.05) is 314 Å². The number of hydrogen-bond acceptors (Lipinski definition) is 0. The van der Waals surface area contributed by atoms with E-state index in [0.29, 0.717) is 35.5 Å². The van der Waals surface area contributed by atoms with Crippen molar-refractivity contribution in [2.45, 2.75) is 119 Å². The SMILES string of the molecule is CC(C)c1cc(C(C)C)c(-c2cc3c([Si](c4ccccc4)(c4ccccc4)c4ccccc4)ccc4c5ccc([Si](c6ccccc6)(c6ccccc6)c6ccccc6)c6cc(-c7c(C(C)C)cc(C(C)C)cc7C(C)C)cc(c(c2)c34)c65)c(C(C)C)c1. The second-order valence-electron chi connectivity index (χ2n) is 27.0. The zero-order chi connectivity index (χ0) is 61.2. The van der Waals surface area contributed by atoms with Gasteiger partial charge in [0.05, 0.1) is 0 Å². The highest BCUT2D eigenvalue weighted by atomic mass is 28.3. The van der Waals surface area contributed by atoms with Gasteiger partial charge in [0.1, 0.15) is 0 Å². The molecule has 88 heavy (non-hydrogen) atoms. The summed E-state index contributed by atoms with van der Waals surface area (Å²) in [6.07, 6.45) is 0. The van der Waals surface area contributed by atoms with Crippen molar-refractivity contribution in [1.29, 1.82) is 0 Å². The van der Waals surface area contributed by atoms with E-state index in [9.17, 15) is 0 Å². The molecule has 0 atom stereocenters. The molecule has 0 aromatic heterocycles. The summed E-state index contributed by atoms with van der Waals surface area (Å²) in [5.74, 6) is 1.95. The second kappa shape index (κ2) is 23.6. The van der Waals surface area contributed by atoms with E-state index in [4.69, 9.17) is 0 Å². The Bertz CT molecular complexity index is 4080. The Hall–Kier alpha value is -8.41. The van der Waals surface area contributed by atoms with Crippen LogP contribution in [0.4, 0.5) is 0 Å². The molecular formula is C86H84Si2. The number of hydrogen-bond donors (Lipinski definition) is 0. The Morgan fingerprint density at radius 1 is 0.216 bits per heavy atom. The molecule has 0 spiro atoms. The molecule has 0 unspecified atom stereocenters. The van der Waals surface area contributed by atoms with Crippen LogP contribution >= 0.6 is 0 Å². The fourth-order valence-corrected chi connectivity index (χ4v) is 25.3. The van der Waals surface area contributed by atoms with Crippen LogP contribution in [0.3, 0.4) is 0 Å². The maximum atomic E-state index is 2.67. The molecular weight excluding hydrogens is 1090 g/mol. The molecule has 0 N–H and O–H groups in total. The minimum absolute atomic E-state index is 0.290. The molecule has 436 valence electrons. The van der Waals surface area contributed by atoms with Gasteiger partial charge in [0.2, 0.25) is 0 Å². The highest BCUT2D eigenvalue weighted by Gasteiger charge is 2.45. The van der Waals surface area contributed by atoms with Crippen molar-refractivity contribution in [3.8, 4) is 22.3 Å². The van der Waals surface area contributed by atoms with E-state index in [1.807, 2.05) is 0 Å². The molecule has 0 radical (unpaired) electrons. The molecule has 0 aliphatic carbocycles. The maximum Gasteiger partial charge on any atom is 0.180 e. The third kappa shape index (κ3) is 9.61. The van der Waals surface area contributed by atoms with Gasteiger partial charge in [-0.25, -0.2) is 0 Å². The van der Waals surface area contributed by atoms with Crippen LogP contribution in [0.1, 0.15) is 152 Å². The predicted octanol–water partition coefficient (Wildman–Crippen LogP) is 18.6. The minimum Gasteiger partial charge on any atom is -0.0623 e. The summed E-state index contributed by atoms with van der Waals surface area (Å²) < 4.78 is 0. The number of benzene rings is 13. The highest BCUT2D eigenvalue weighted by Crippen LogP contribution is 2.48. The van der Waals surface area contributed by atoms with Gasteiger partial charge in [0, 0.05) is 0 Å². The Balaban J connectivity index is 1.32. The van der Waals surface area contributed by atoms with Crippen LogP contribution in [-0.2, 0) is 0 Å². The van der Waals surface area contributed by atoms with Crippen molar-refractivity contribution in [2.75, 3.05) is 0 Å². The van der Waals surface area contributed by atoms with Crippen molar-refractivity contribution < 1.29 is 0 Å². The standard InChI is InChI=1S/C86H84Si2/c1-55(2)61-47-73(57(5)6)83(74(48-61)58(7)8)63-51-77-78-52-64(84-75(59(9)10)49-62(56(3)4)50-76(84)60(11)12)54-80-82(88(68-37-25-16-26-38-68,69-39-27-17-28-40-69)70-41-29-18-30-42-70)46-44-72(86(78)80)71-43-45-81(79(53-63)85(71)77)87(65-31-19-13-20-32-65,66-33-21-14-22-34-66)67-35-23-15-24-36-67/h13-60H,1-12H3. The van der Waals surface area contributed by atoms with E-state index in [2.05, 4.69) is 338 Å². The molecule has 13 aromatic rings. The smallest absolute Gasteiger partial charge is 0.0623 e. The van der Waals surface area contributed by atoms with Gasteiger partial charge in [-0.15, -0.1) is 0 Å². The van der Waals surface area contributed by atoms with Gasteiger partial charge >= 0.3 is 0 Å². The molecule has 0 amide bonds. The highest BCUT2D eigenvalue weighted by molar-refractivity contribution is 7.21. The van der Waals surface area contributed by atoms with E-state index >= 15 is 0 Å². The fraction of sp³-hybridized carbons (Fsp3) is 0.209. The van der Waals surface area contributed by atoms with Gasteiger partial charge in [0.15, 0.2) is 16.1 Å². The quantitative estimate of drug-likeness (QED) is 0.0391. The first-order chi connectivity index (χ1) is 42.6. The van der Waals surface area contributed by atoms with Crippen molar-refractivity contribution in [3.63, 3.8) is 0 Å². The normalized spacial score (nSPS) is 12.5. The molecule has 0 fully saturated rings. The third-order valence-corrected chi connectivity index (χ3v) is 29.4. The largest absolute Gasteiger partial charge is 0.180 e. The topological polar surface area (TPSA) is 0 Å². The zero-order valence-electron chi connectivity index (χ0n) is 53.7. The summed E-state index contributed by atoms with van der Waals surface area (Å²) in [7, 11) is -6.26. The van der Waals surface area contributed by atoms with Crippen molar-refractivity contribution >= 4 is 101 Å². The maximum absolute atomic E-state index is 3.13. The van der Waals surface area contributed by atoms with Gasteiger partial charge in [-0.05, 0) is 200 Å². The first-order valence-electron chi connectivity index (χ1n) is 32.6. The lowest BCUT2D eigenvalue weighted by Gasteiger charge is -2.37. The van der Waals surface area contributed by atoms with Crippen LogP contribution in [0.25, 0.3) is 65.3 Å². The van der Waals surface area contributed by atoms with Crippen LogP contribution in [0.2, 0.25) is 0 Å². The summed E-state index contributed by atoms with van der Waals surface area (Å²) in [4.78, 5) is 0. The lowest BCUT2D eigenvalue weighted by atomic mass is 9.79. The molecule has 0 heterocycles. The number of fused-ring (bicyclic) bond motifs is 2. The average Bonchev–Trinajstić information content (AvgIpc) is 0.805. The third-order valence-electron chi connectivity index (χ3n) is 19.7. The molecule has 0 aliphatic rings. The van der Waals surface area contributed by atoms with Crippen LogP contribution in [0.5, 0.6) is 0 Å². The summed E-state index contributed by atoms with van der Waals surface area (Å²) >= 11 is 0. The van der Waals surface area contributed by atoms with Crippen molar-refractivity contribution in [3.05, 3.63) is 288 Å². The summed E-state index contributed by atoms with van der Waals surface area (Å²) in [5, 5.41) is 21.7. The molecule has 0 bridgehead atoms. The second-order valence-corrected chi connectivity index (χ2v) is 34.5. The van der Waals surface area contributed by atoms with E-state index in [0.717, 1.165) is 0 Å². The Morgan fingerprint density at radius 3 is 0.659 bits per heavy atom. The molecule has 0 aliphatic heterocycles. The summed E-state index contributed by atoms with van der Waals surface area (Å²) in [6.45, 7) is 28.7. The first-order valence-corrected chi connectivity index (χ1v) is 36.6. The van der Waals surface area contributed by atoms with Crippen LogP contribution in [0.15, 0.2) is 255 Å². The minimum atomic E-state index is -3.13.